The Labute approximate surface area is 103 Å². The van der Waals surface area contributed by atoms with Gasteiger partial charge in [-0.2, -0.15) is 0 Å². The number of anilines is 1. The number of nitrogens with one attached hydrogen (secondary N) is 1. The number of H-pyrrole nitrogens is 1. The number of aryl methyl sites for hydroxylation is 1. The van der Waals surface area contributed by atoms with Crippen LogP contribution in [0.1, 0.15) is 5.56 Å². The molecule has 0 aliphatic rings. The molecule has 4 heteroatoms. The van der Waals surface area contributed by atoms with Crippen LogP contribution < -0.4 is 5.73 Å². The van der Waals surface area contributed by atoms with E-state index in [-0.39, 0.29) is 5.82 Å². The average molecular weight is 241 g/mol. The third-order valence-corrected chi connectivity index (χ3v) is 3.01. The summed E-state index contributed by atoms with van der Waals surface area (Å²) in [6.45, 7) is 1.95. The maximum Gasteiger partial charge on any atom is 0.151 e. The predicted octanol–water partition coefficient (Wildman–Crippen LogP) is 3.26. The number of nitrogens with two attached hydrogens (primary N) is 1. The molecule has 0 saturated heterocycles. The van der Waals surface area contributed by atoms with E-state index in [9.17, 15) is 4.39 Å². The first-order valence-corrected chi connectivity index (χ1v) is 5.66. The molecule has 3 nitrogen and oxygen atoms in total. The van der Waals surface area contributed by atoms with Crippen molar-refractivity contribution < 1.29 is 4.39 Å². The Morgan fingerprint density at radius 3 is 2.67 bits per heavy atom. The number of para-hydroxylation sites is 1. The number of fused-ring (bicyclic) bond motifs is 1. The maximum atomic E-state index is 13.6. The van der Waals surface area contributed by atoms with Gasteiger partial charge >= 0.3 is 0 Å². The molecule has 3 aromatic rings. The molecule has 90 valence electrons. The van der Waals surface area contributed by atoms with Crippen molar-refractivity contribution in [3.05, 3.63) is 47.8 Å². The lowest BCUT2D eigenvalue weighted by Crippen LogP contribution is -1.93. The van der Waals surface area contributed by atoms with Gasteiger partial charge in [-0.1, -0.05) is 18.2 Å². The molecule has 0 saturated carbocycles. The lowest BCUT2D eigenvalue weighted by atomic mass is 10.1. The highest BCUT2D eigenvalue weighted by molar-refractivity contribution is 5.84. The normalized spacial score (nSPS) is 11.0. The summed E-state index contributed by atoms with van der Waals surface area (Å²) >= 11 is 0. The Morgan fingerprint density at radius 1 is 1.17 bits per heavy atom. The Morgan fingerprint density at radius 2 is 1.94 bits per heavy atom. The van der Waals surface area contributed by atoms with Crippen LogP contribution in [0.4, 0.5) is 10.1 Å². The van der Waals surface area contributed by atoms with E-state index in [1.54, 1.807) is 12.1 Å². The minimum atomic E-state index is -0.331. The van der Waals surface area contributed by atoms with Crippen LogP contribution in [0.3, 0.4) is 0 Å². The van der Waals surface area contributed by atoms with Crippen molar-refractivity contribution in [3.8, 4) is 11.4 Å². The van der Waals surface area contributed by atoms with Gasteiger partial charge in [-0.15, -0.1) is 0 Å². The van der Waals surface area contributed by atoms with E-state index in [4.69, 9.17) is 5.73 Å². The molecule has 1 aromatic heterocycles. The third kappa shape index (κ3) is 1.54. The number of rotatable bonds is 1. The summed E-state index contributed by atoms with van der Waals surface area (Å²) in [6.07, 6.45) is 0. The summed E-state index contributed by atoms with van der Waals surface area (Å²) < 4.78 is 13.6. The second-order valence-corrected chi connectivity index (χ2v) is 4.26. The lowest BCUT2D eigenvalue weighted by Gasteiger charge is -2.05. The molecule has 0 fully saturated rings. The monoisotopic (exact) mass is 241 g/mol. The minimum absolute atomic E-state index is 0.331. The fourth-order valence-electron chi connectivity index (χ4n) is 2.13. The second kappa shape index (κ2) is 3.84. The molecule has 0 atom stereocenters. The highest BCUT2D eigenvalue weighted by atomic mass is 19.1. The first-order chi connectivity index (χ1) is 8.66. The summed E-state index contributed by atoms with van der Waals surface area (Å²) in [5.74, 6) is 0.271. The molecular formula is C14H12FN3. The van der Waals surface area contributed by atoms with Gasteiger partial charge in [0.2, 0.25) is 0 Å². The molecule has 3 N–H and O–H groups in total. The molecule has 0 bridgehead atoms. The van der Waals surface area contributed by atoms with Crippen LogP contribution in [0, 0.1) is 12.7 Å². The Balaban J connectivity index is 2.30. The van der Waals surface area contributed by atoms with Gasteiger partial charge in [-0.05, 0) is 30.7 Å². The molecule has 0 amide bonds. The van der Waals surface area contributed by atoms with Crippen LogP contribution in [-0.2, 0) is 0 Å². The van der Waals surface area contributed by atoms with E-state index in [0.717, 1.165) is 11.1 Å². The molecule has 0 unspecified atom stereocenters. The molecule has 1 heterocycles. The molecule has 3 rings (SSSR count). The van der Waals surface area contributed by atoms with Crippen molar-refractivity contribution in [2.75, 3.05) is 5.73 Å². The van der Waals surface area contributed by atoms with Crippen LogP contribution in [0.2, 0.25) is 0 Å². The van der Waals surface area contributed by atoms with Gasteiger partial charge in [0.1, 0.15) is 11.3 Å². The SMILES string of the molecule is Cc1cccc(N)c1-c1nc2c(F)cccc2[nH]1. The van der Waals surface area contributed by atoms with Gasteiger partial charge in [0.25, 0.3) is 0 Å². The highest BCUT2D eigenvalue weighted by Crippen LogP contribution is 2.29. The van der Waals surface area contributed by atoms with Crippen molar-refractivity contribution >= 4 is 16.7 Å². The summed E-state index contributed by atoms with van der Waals surface area (Å²) in [4.78, 5) is 7.40. The zero-order valence-electron chi connectivity index (χ0n) is 9.87. The number of benzene rings is 2. The van der Waals surface area contributed by atoms with E-state index >= 15 is 0 Å². The number of nitrogen functional groups attached to an aromatic ring is 1. The van der Waals surface area contributed by atoms with Crippen molar-refractivity contribution in [2.24, 2.45) is 0 Å². The zero-order chi connectivity index (χ0) is 12.7. The van der Waals surface area contributed by atoms with Crippen molar-refractivity contribution in [3.63, 3.8) is 0 Å². The fourth-order valence-corrected chi connectivity index (χ4v) is 2.13. The van der Waals surface area contributed by atoms with E-state index in [2.05, 4.69) is 9.97 Å². The highest BCUT2D eigenvalue weighted by Gasteiger charge is 2.12. The number of aromatic nitrogens is 2. The van der Waals surface area contributed by atoms with Crippen LogP contribution in [-0.4, -0.2) is 9.97 Å². The van der Waals surface area contributed by atoms with Crippen molar-refractivity contribution in [1.29, 1.82) is 0 Å². The minimum Gasteiger partial charge on any atom is -0.398 e. The van der Waals surface area contributed by atoms with Crippen molar-refractivity contribution in [2.45, 2.75) is 6.92 Å². The number of halogens is 1. The number of nitrogens with zero attached hydrogens (tertiary/aromatic N) is 1. The summed E-state index contributed by atoms with van der Waals surface area (Å²) in [7, 11) is 0. The second-order valence-electron chi connectivity index (χ2n) is 4.26. The predicted molar refractivity (Wildman–Crippen MR) is 70.6 cm³/mol. The molecular weight excluding hydrogens is 229 g/mol. The topological polar surface area (TPSA) is 54.7 Å². The number of hydrogen-bond acceptors (Lipinski definition) is 2. The molecule has 0 radical (unpaired) electrons. The van der Waals surface area contributed by atoms with E-state index < -0.39 is 0 Å². The lowest BCUT2D eigenvalue weighted by molar-refractivity contribution is 0.637. The average Bonchev–Trinajstić information content (AvgIpc) is 2.74. The van der Waals surface area contributed by atoms with E-state index in [0.29, 0.717) is 22.5 Å². The largest absolute Gasteiger partial charge is 0.398 e. The quantitative estimate of drug-likeness (QED) is 0.642. The summed E-state index contributed by atoms with van der Waals surface area (Å²) in [5, 5.41) is 0. The standard InChI is InChI=1S/C14H12FN3/c1-8-4-2-6-10(16)12(8)14-17-11-7-3-5-9(15)13(11)18-14/h2-7H,16H2,1H3,(H,17,18). The van der Waals surface area contributed by atoms with Crippen LogP contribution in [0.5, 0.6) is 0 Å². The van der Waals surface area contributed by atoms with Gasteiger partial charge in [0.15, 0.2) is 5.82 Å². The molecule has 0 spiro atoms. The Bertz CT molecular complexity index is 711. The molecule has 0 aliphatic carbocycles. The first kappa shape index (κ1) is 10.8. The van der Waals surface area contributed by atoms with Crippen molar-refractivity contribution in [1.82, 2.24) is 9.97 Å². The van der Waals surface area contributed by atoms with Gasteiger partial charge in [0, 0.05) is 11.3 Å². The van der Waals surface area contributed by atoms with E-state index in [1.807, 2.05) is 25.1 Å². The maximum absolute atomic E-state index is 13.6. The van der Waals surface area contributed by atoms with E-state index in [1.165, 1.54) is 6.07 Å². The summed E-state index contributed by atoms with van der Waals surface area (Å²) in [6, 6.07) is 10.5. The Hall–Kier alpha value is -2.36. The smallest absolute Gasteiger partial charge is 0.151 e. The molecule has 0 aliphatic heterocycles. The fraction of sp³-hybridized carbons (Fsp3) is 0.0714. The first-order valence-electron chi connectivity index (χ1n) is 5.66. The zero-order valence-corrected chi connectivity index (χ0v) is 9.87. The van der Waals surface area contributed by atoms with Crippen LogP contribution >= 0.6 is 0 Å². The Kier molecular flexibility index (Phi) is 2.30. The van der Waals surface area contributed by atoms with Crippen LogP contribution in [0.25, 0.3) is 22.4 Å². The van der Waals surface area contributed by atoms with Gasteiger partial charge in [-0.25, -0.2) is 9.37 Å². The van der Waals surface area contributed by atoms with Crippen LogP contribution in [0.15, 0.2) is 36.4 Å². The number of hydrogen-bond donors (Lipinski definition) is 2. The molecule has 2 aromatic carbocycles. The van der Waals surface area contributed by atoms with Gasteiger partial charge in [-0.3, -0.25) is 0 Å². The van der Waals surface area contributed by atoms with Gasteiger partial charge in [0.05, 0.1) is 5.52 Å². The number of imidazole rings is 1. The summed E-state index contributed by atoms with van der Waals surface area (Å²) in [5.41, 5.74) is 9.45. The molecule has 18 heavy (non-hydrogen) atoms. The third-order valence-electron chi connectivity index (χ3n) is 3.01. The van der Waals surface area contributed by atoms with Gasteiger partial charge < -0.3 is 10.7 Å². The number of aromatic amines is 1.